The Hall–Kier alpha value is -4.06. The van der Waals surface area contributed by atoms with Crippen molar-refractivity contribution in [2.75, 3.05) is 17.3 Å². The summed E-state index contributed by atoms with van der Waals surface area (Å²) in [6, 6.07) is 23.0. The van der Waals surface area contributed by atoms with Crippen LogP contribution in [0.3, 0.4) is 0 Å². The number of aryl methyl sites for hydroxylation is 1. The number of carbonyl (C=O) groups excluding carboxylic acids is 2. The number of fused-ring (bicyclic) bond motifs is 3. The monoisotopic (exact) mass is 425 g/mol. The molecule has 6 heteroatoms. The van der Waals surface area contributed by atoms with Crippen LogP contribution in [0.2, 0.25) is 0 Å². The number of hydrogen-bond donors (Lipinski definition) is 1. The van der Waals surface area contributed by atoms with Crippen LogP contribution < -0.4 is 15.0 Å². The summed E-state index contributed by atoms with van der Waals surface area (Å²) in [7, 11) is 3.56. The minimum atomic E-state index is -0.289. The van der Waals surface area contributed by atoms with Crippen molar-refractivity contribution in [3.05, 3.63) is 89.6 Å². The van der Waals surface area contributed by atoms with Crippen LogP contribution in [0.1, 0.15) is 34.6 Å². The van der Waals surface area contributed by atoms with Gasteiger partial charge >= 0.3 is 0 Å². The Balaban J connectivity index is 1.70. The Morgan fingerprint density at radius 3 is 2.31 bits per heavy atom. The Morgan fingerprint density at radius 1 is 0.969 bits per heavy atom. The van der Waals surface area contributed by atoms with Crippen molar-refractivity contribution in [2.45, 2.75) is 13.0 Å². The molecule has 1 atom stereocenters. The third-order valence-corrected chi connectivity index (χ3v) is 6.00. The van der Waals surface area contributed by atoms with Crippen LogP contribution in [0.4, 0.5) is 11.4 Å². The molecule has 0 aliphatic carbocycles. The molecule has 1 aliphatic rings. The van der Waals surface area contributed by atoms with Crippen LogP contribution in [-0.4, -0.2) is 23.5 Å². The number of hydrogen-bond acceptors (Lipinski definition) is 3. The summed E-state index contributed by atoms with van der Waals surface area (Å²) in [5.41, 5.74) is 5.21. The lowest BCUT2D eigenvalue weighted by Gasteiger charge is -2.27. The van der Waals surface area contributed by atoms with Crippen LogP contribution >= 0.6 is 0 Å². The van der Waals surface area contributed by atoms with Crippen molar-refractivity contribution >= 4 is 34.1 Å². The Kier molecular flexibility index (Phi) is 4.70. The smallest absolute Gasteiger partial charge is 0.276 e. The standard InChI is InChI=1S/C26H23N3O3/c1-16(30)27-18-10-8-17(9-11-18)24-23-21-6-4-5-7-22(21)28(2)25(23)26(31)29(24)19-12-14-20(32-3)15-13-19/h4-15,24H,1-3H3,(H,27,30). The van der Waals surface area contributed by atoms with Gasteiger partial charge < -0.3 is 14.6 Å². The molecular formula is C26H23N3O3. The molecule has 0 radical (unpaired) electrons. The summed E-state index contributed by atoms with van der Waals surface area (Å²) in [6.45, 7) is 1.48. The quantitative estimate of drug-likeness (QED) is 0.506. The maximum Gasteiger partial charge on any atom is 0.276 e. The van der Waals surface area contributed by atoms with Gasteiger partial charge in [-0.3, -0.25) is 14.5 Å². The van der Waals surface area contributed by atoms with Crippen molar-refractivity contribution in [3.63, 3.8) is 0 Å². The largest absolute Gasteiger partial charge is 0.497 e. The number of benzene rings is 3. The van der Waals surface area contributed by atoms with E-state index in [1.54, 1.807) is 7.11 Å². The van der Waals surface area contributed by atoms with Crippen molar-refractivity contribution in [2.24, 2.45) is 7.05 Å². The van der Waals surface area contributed by atoms with E-state index in [1.165, 1.54) is 6.92 Å². The van der Waals surface area contributed by atoms with Crippen LogP contribution in [0.5, 0.6) is 5.75 Å². The van der Waals surface area contributed by atoms with Crippen LogP contribution in [0.25, 0.3) is 10.9 Å². The van der Waals surface area contributed by atoms with Gasteiger partial charge in [-0.2, -0.15) is 0 Å². The SMILES string of the molecule is COc1ccc(N2C(=O)c3c(c4ccccc4n3C)C2c2ccc(NC(C)=O)cc2)cc1. The molecular weight excluding hydrogens is 402 g/mol. The average Bonchev–Trinajstić information content (AvgIpc) is 3.27. The molecule has 5 rings (SSSR count). The number of ether oxygens (including phenoxy) is 1. The van der Waals surface area contributed by atoms with E-state index in [0.717, 1.165) is 39.2 Å². The summed E-state index contributed by atoms with van der Waals surface area (Å²) in [5, 5.41) is 3.86. The minimum Gasteiger partial charge on any atom is -0.497 e. The molecule has 32 heavy (non-hydrogen) atoms. The Bertz CT molecular complexity index is 1340. The maximum absolute atomic E-state index is 13.8. The first-order valence-electron chi connectivity index (χ1n) is 10.4. The van der Waals surface area contributed by atoms with E-state index in [-0.39, 0.29) is 17.9 Å². The number of aromatic nitrogens is 1. The lowest BCUT2D eigenvalue weighted by atomic mass is 9.97. The molecule has 3 aromatic carbocycles. The lowest BCUT2D eigenvalue weighted by Crippen LogP contribution is -2.29. The fourth-order valence-electron chi connectivity index (χ4n) is 4.60. The van der Waals surface area contributed by atoms with Crippen LogP contribution in [-0.2, 0) is 11.8 Å². The molecule has 0 saturated heterocycles. The second-order valence-corrected chi connectivity index (χ2v) is 7.92. The van der Waals surface area contributed by atoms with E-state index in [9.17, 15) is 9.59 Å². The normalized spacial score (nSPS) is 15.2. The molecule has 0 spiro atoms. The molecule has 1 aromatic heterocycles. The van der Waals surface area contributed by atoms with E-state index >= 15 is 0 Å². The maximum atomic E-state index is 13.8. The number of nitrogens with one attached hydrogen (secondary N) is 1. The van der Waals surface area contributed by atoms with Gasteiger partial charge in [-0.1, -0.05) is 30.3 Å². The third kappa shape index (κ3) is 3.03. The van der Waals surface area contributed by atoms with Gasteiger partial charge in [0.2, 0.25) is 5.91 Å². The van der Waals surface area contributed by atoms with Crippen LogP contribution in [0.15, 0.2) is 72.8 Å². The number of methoxy groups -OCH3 is 1. The molecule has 0 fully saturated rings. The predicted molar refractivity (Wildman–Crippen MR) is 125 cm³/mol. The highest BCUT2D eigenvalue weighted by Crippen LogP contribution is 2.46. The van der Waals surface area contributed by atoms with Gasteiger partial charge in [0.25, 0.3) is 5.91 Å². The third-order valence-electron chi connectivity index (χ3n) is 6.00. The van der Waals surface area contributed by atoms with Gasteiger partial charge in [0, 0.05) is 41.8 Å². The number of para-hydroxylation sites is 1. The Morgan fingerprint density at radius 2 is 1.66 bits per heavy atom. The zero-order chi connectivity index (χ0) is 22.4. The van der Waals surface area contributed by atoms with Gasteiger partial charge in [-0.25, -0.2) is 0 Å². The van der Waals surface area contributed by atoms with Gasteiger partial charge in [-0.05, 0) is 48.0 Å². The van der Waals surface area contributed by atoms with Crippen molar-refractivity contribution in [1.82, 2.24) is 4.57 Å². The molecule has 6 nitrogen and oxygen atoms in total. The zero-order valence-corrected chi connectivity index (χ0v) is 18.1. The van der Waals surface area contributed by atoms with E-state index in [2.05, 4.69) is 11.4 Å². The highest BCUT2D eigenvalue weighted by Gasteiger charge is 2.42. The number of amides is 2. The van der Waals surface area contributed by atoms with Gasteiger partial charge in [-0.15, -0.1) is 0 Å². The molecule has 0 saturated carbocycles. The summed E-state index contributed by atoms with van der Waals surface area (Å²) >= 11 is 0. The topological polar surface area (TPSA) is 63.6 Å². The summed E-state index contributed by atoms with van der Waals surface area (Å²) in [5.74, 6) is 0.573. The first-order valence-corrected chi connectivity index (χ1v) is 10.4. The fourth-order valence-corrected chi connectivity index (χ4v) is 4.60. The molecule has 1 N–H and O–H groups in total. The van der Waals surface area contributed by atoms with Gasteiger partial charge in [0.1, 0.15) is 11.4 Å². The molecule has 0 bridgehead atoms. The van der Waals surface area contributed by atoms with Gasteiger partial charge in [0.05, 0.1) is 13.2 Å². The molecule has 1 unspecified atom stereocenters. The molecule has 160 valence electrons. The molecule has 2 amide bonds. The second-order valence-electron chi connectivity index (χ2n) is 7.92. The number of rotatable bonds is 4. The van der Waals surface area contributed by atoms with Gasteiger partial charge in [0.15, 0.2) is 0 Å². The van der Waals surface area contributed by atoms with Crippen LogP contribution in [0, 0.1) is 0 Å². The minimum absolute atomic E-state index is 0.0418. The molecule has 1 aliphatic heterocycles. The average molecular weight is 425 g/mol. The van der Waals surface area contributed by atoms with Crippen molar-refractivity contribution < 1.29 is 14.3 Å². The van der Waals surface area contributed by atoms with Crippen molar-refractivity contribution in [1.29, 1.82) is 0 Å². The van der Waals surface area contributed by atoms with E-state index in [0.29, 0.717) is 5.69 Å². The Labute approximate surface area is 186 Å². The summed E-state index contributed by atoms with van der Waals surface area (Å²) < 4.78 is 7.28. The summed E-state index contributed by atoms with van der Waals surface area (Å²) in [4.78, 5) is 27.0. The first kappa shape index (κ1) is 19.9. The number of carbonyl (C=O) groups is 2. The number of anilines is 2. The number of nitrogens with zero attached hydrogens (tertiary/aromatic N) is 2. The van der Waals surface area contributed by atoms with Crippen molar-refractivity contribution in [3.8, 4) is 5.75 Å². The molecule has 4 aromatic rings. The lowest BCUT2D eigenvalue weighted by molar-refractivity contribution is -0.114. The fraction of sp³-hybridized carbons (Fsp3) is 0.154. The molecule has 2 heterocycles. The zero-order valence-electron chi connectivity index (χ0n) is 18.1. The first-order chi connectivity index (χ1) is 15.5. The van der Waals surface area contributed by atoms with E-state index in [4.69, 9.17) is 4.74 Å². The highest BCUT2D eigenvalue weighted by molar-refractivity contribution is 6.15. The second kappa shape index (κ2) is 7.57. The highest BCUT2D eigenvalue weighted by atomic mass is 16.5. The van der Waals surface area contributed by atoms with E-state index < -0.39 is 0 Å². The van der Waals surface area contributed by atoms with E-state index in [1.807, 2.05) is 83.2 Å². The predicted octanol–water partition coefficient (Wildman–Crippen LogP) is 4.90. The summed E-state index contributed by atoms with van der Waals surface area (Å²) in [6.07, 6.45) is 0.